The number of likely N-dealkylation sites (N-methyl/N-ethyl adjacent to an activating group) is 1. The highest BCUT2D eigenvalue weighted by molar-refractivity contribution is 5.77. The van der Waals surface area contributed by atoms with Gasteiger partial charge in [0, 0.05) is 43.2 Å². The molecule has 0 aliphatic heterocycles. The Labute approximate surface area is 163 Å². The van der Waals surface area contributed by atoms with Crippen molar-refractivity contribution < 1.29 is 14.3 Å². The topological polar surface area (TPSA) is 71.5 Å². The van der Waals surface area contributed by atoms with Gasteiger partial charge < -0.3 is 15.0 Å². The van der Waals surface area contributed by atoms with E-state index in [-0.39, 0.29) is 12.5 Å². The summed E-state index contributed by atoms with van der Waals surface area (Å²) in [6.07, 6.45) is 2.59. The quantitative estimate of drug-likeness (QED) is 0.637. The molecule has 0 aliphatic carbocycles. The highest BCUT2D eigenvalue weighted by Crippen LogP contribution is 2.23. The number of rotatable bonds is 7. The van der Waals surface area contributed by atoms with Crippen molar-refractivity contribution >= 4 is 23.7 Å². The van der Waals surface area contributed by atoms with Crippen LogP contribution in [0, 0.1) is 0 Å². The van der Waals surface area contributed by atoms with Gasteiger partial charge in [0.2, 0.25) is 0 Å². The molecule has 0 saturated carbocycles. The zero-order valence-corrected chi connectivity index (χ0v) is 15.8. The van der Waals surface area contributed by atoms with E-state index in [1.165, 1.54) is 4.90 Å². The lowest BCUT2D eigenvalue weighted by atomic mass is 10.1. The molecule has 1 aromatic heterocycles. The van der Waals surface area contributed by atoms with Crippen LogP contribution in [0.15, 0.2) is 66.9 Å². The number of anilines is 2. The number of hydrogen-bond donors (Lipinski definition) is 1. The zero-order valence-electron chi connectivity index (χ0n) is 15.8. The van der Waals surface area contributed by atoms with Crippen LogP contribution in [-0.2, 0) is 4.79 Å². The number of ether oxygens (including phenoxy) is 1. The predicted octanol–water partition coefficient (Wildman–Crippen LogP) is 3.77. The first-order valence-electron chi connectivity index (χ1n) is 8.77. The Bertz CT molecular complexity index is 952. The Morgan fingerprint density at radius 2 is 1.82 bits per heavy atom. The van der Waals surface area contributed by atoms with Crippen molar-refractivity contribution in [3.63, 3.8) is 0 Å². The number of aromatic nitrogens is 1. The number of nitrogens with zero attached hydrogens (tertiary/aromatic N) is 2. The lowest BCUT2D eigenvalue weighted by Crippen LogP contribution is -2.27. The van der Waals surface area contributed by atoms with E-state index in [2.05, 4.69) is 10.3 Å². The van der Waals surface area contributed by atoms with Crippen LogP contribution in [0.5, 0.6) is 5.75 Å². The molecule has 0 saturated heterocycles. The summed E-state index contributed by atoms with van der Waals surface area (Å²) in [7, 11) is 3.38. The van der Waals surface area contributed by atoms with E-state index in [0.29, 0.717) is 17.1 Å². The van der Waals surface area contributed by atoms with Crippen molar-refractivity contribution in [2.45, 2.75) is 0 Å². The molecule has 3 rings (SSSR count). The van der Waals surface area contributed by atoms with Crippen LogP contribution < -0.4 is 10.1 Å². The Morgan fingerprint density at radius 3 is 2.46 bits per heavy atom. The summed E-state index contributed by atoms with van der Waals surface area (Å²) < 4.78 is 5.53. The van der Waals surface area contributed by atoms with Gasteiger partial charge in [-0.25, -0.2) is 4.98 Å². The van der Waals surface area contributed by atoms with Gasteiger partial charge in [-0.2, -0.15) is 0 Å². The van der Waals surface area contributed by atoms with Gasteiger partial charge in [0.05, 0.1) is 0 Å². The second kappa shape index (κ2) is 8.81. The van der Waals surface area contributed by atoms with Crippen LogP contribution in [0.2, 0.25) is 0 Å². The second-order valence-corrected chi connectivity index (χ2v) is 6.40. The number of amides is 1. The van der Waals surface area contributed by atoms with E-state index in [9.17, 15) is 9.59 Å². The third-order valence-electron chi connectivity index (χ3n) is 4.11. The smallest absolute Gasteiger partial charge is 0.259 e. The number of pyridine rings is 1. The summed E-state index contributed by atoms with van der Waals surface area (Å²) in [5.74, 6) is 1.19. The SMILES string of the molecule is CN(C)C(=O)COc1cccc(Nc2ccc(-c3ccc(C=O)cc3)cn2)c1. The number of aldehydes is 1. The summed E-state index contributed by atoms with van der Waals surface area (Å²) in [5, 5.41) is 3.22. The summed E-state index contributed by atoms with van der Waals surface area (Å²) in [5.41, 5.74) is 3.41. The standard InChI is InChI=1S/C22H21N3O3/c1-25(2)22(27)15-28-20-5-3-4-19(12-20)24-21-11-10-18(13-23-21)17-8-6-16(14-26)7-9-17/h3-14H,15H2,1-2H3,(H,23,24). The molecule has 0 radical (unpaired) electrons. The van der Waals surface area contributed by atoms with E-state index >= 15 is 0 Å². The number of hydrogen-bond acceptors (Lipinski definition) is 5. The first-order valence-corrected chi connectivity index (χ1v) is 8.77. The number of nitrogens with one attached hydrogen (secondary N) is 1. The van der Waals surface area contributed by atoms with Crippen molar-refractivity contribution in [1.82, 2.24) is 9.88 Å². The first kappa shape index (κ1) is 19.1. The highest BCUT2D eigenvalue weighted by atomic mass is 16.5. The summed E-state index contributed by atoms with van der Waals surface area (Å²) >= 11 is 0. The van der Waals surface area contributed by atoms with Crippen LogP contribution in [0.25, 0.3) is 11.1 Å². The molecule has 0 unspecified atom stereocenters. The van der Waals surface area contributed by atoms with Crippen molar-refractivity contribution in [1.29, 1.82) is 0 Å². The molecule has 142 valence electrons. The van der Waals surface area contributed by atoms with Gasteiger partial charge in [-0.15, -0.1) is 0 Å². The average molecular weight is 375 g/mol. The molecule has 1 heterocycles. The zero-order chi connectivity index (χ0) is 19.9. The largest absolute Gasteiger partial charge is 0.484 e. The maximum absolute atomic E-state index is 11.6. The number of carbonyl (C=O) groups is 2. The molecule has 0 fully saturated rings. The van der Waals surface area contributed by atoms with Gasteiger partial charge >= 0.3 is 0 Å². The predicted molar refractivity (Wildman–Crippen MR) is 109 cm³/mol. The van der Waals surface area contributed by atoms with Crippen LogP contribution in [0.1, 0.15) is 10.4 Å². The molecule has 6 nitrogen and oxygen atoms in total. The molecule has 0 atom stereocenters. The monoisotopic (exact) mass is 375 g/mol. The van der Waals surface area contributed by atoms with E-state index in [1.807, 2.05) is 42.5 Å². The van der Waals surface area contributed by atoms with Crippen molar-refractivity contribution in [3.8, 4) is 16.9 Å². The molecule has 2 aromatic carbocycles. The van der Waals surface area contributed by atoms with Gasteiger partial charge in [0.25, 0.3) is 5.91 Å². The van der Waals surface area contributed by atoms with Crippen LogP contribution in [-0.4, -0.2) is 42.8 Å². The fourth-order valence-corrected chi connectivity index (χ4v) is 2.48. The van der Waals surface area contributed by atoms with Crippen molar-refractivity contribution in [2.24, 2.45) is 0 Å². The number of carbonyl (C=O) groups excluding carboxylic acids is 2. The van der Waals surface area contributed by atoms with Crippen LogP contribution in [0.3, 0.4) is 0 Å². The molecular weight excluding hydrogens is 354 g/mol. The molecule has 28 heavy (non-hydrogen) atoms. The summed E-state index contributed by atoms with van der Waals surface area (Å²) in [4.78, 5) is 28.3. The maximum atomic E-state index is 11.6. The third kappa shape index (κ3) is 4.94. The lowest BCUT2D eigenvalue weighted by molar-refractivity contribution is -0.130. The number of benzene rings is 2. The van der Waals surface area contributed by atoms with Crippen molar-refractivity contribution in [3.05, 3.63) is 72.4 Å². The second-order valence-electron chi connectivity index (χ2n) is 6.40. The fraction of sp³-hybridized carbons (Fsp3) is 0.136. The third-order valence-corrected chi connectivity index (χ3v) is 4.11. The van der Waals surface area contributed by atoms with Crippen LogP contribution in [0.4, 0.5) is 11.5 Å². The Hall–Kier alpha value is -3.67. The van der Waals surface area contributed by atoms with Gasteiger partial charge in [0.15, 0.2) is 6.61 Å². The Morgan fingerprint density at radius 1 is 1.07 bits per heavy atom. The average Bonchev–Trinajstić information content (AvgIpc) is 2.73. The highest BCUT2D eigenvalue weighted by Gasteiger charge is 2.06. The molecule has 6 heteroatoms. The molecule has 0 bridgehead atoms. The lowest BCUT2D eigenvalue weighted by Gasteiger charge is -2.12. The molecule has 1 N–H and O–H groups in total. The minimum Gasteiger partial charge on any atom is -0.484 e. The van der Waals surface area contributed by atoms with E-state index in [1.54, 1.807) is 38.5 Å². The minimum atomic E-state index is -0.100. The fourth-order valence-electron chi connectivity index (χ4n) is 2.48. The van der Waals surface area contributed by atoms with Gasteiger partial charge in [-0.05, 0) is 29.8 Å². The Kier molecular flexibility index (Phi) is 6.01. The van der Waals surface area contributed by atoms with E-state index in [4.69, 9.17) is 4.74 Å². The molecule has 1 amide bonds. The van der Waals surface area contributed by atoms with E-state index in [0.717, 1.165) is 23.1 Å². The van der Waals surface area contributed by atoms with Gasteiger partial charge in [0.1, 0.15) is 17.9 Å². The van der Waals surface area contributed by atoms with E-state index < -0.39 is 0 Å². The van der Waals surface area contributed by atoms with Gasteiger partial charge in [-0.3, -0.25) is 9.59 Å². The summed E-state index contributed by atoms with van der Waals surface area (Å²) in [6, 6.07) is 18.5. The molecular formula is C22H21N3O3. The van der Waals surface area contributed by atoms with Crippen molar-refractivity contribution in [2.75, 3.05) is 26.0 Å². The normalized spacial score (nSPS) is 10.2. The molecule has 0 aliphatic rings. The van der Waals surface area contributed by atoms with Crippen LogP contribution >= 0.6 is 0 Å². The Balaban J connectivity index is 1.66. The molecule has 3 aromatic rings. The van der Waals surface area contributed by atoms with Gasteiger partial charge in [-0.1, -0.05) is 30.3 Å². The first-order chi connectivity index (χ1) is 13.5. The summed E-state index contributed by atoms with van der Waals surface area (Å²) in [6.45, 7) is -0.00764. The molecule has 0 spiro atoms. The maximum Gasteiger partial charge on any atom is 0.259 e. The minimum absolute atomic E-state index is 0.00764.